The molecule has 0 saturated heterocycles. The Morgan fingerprint density at radius 3 is 1.52 bits per heavy atom. The molecule has 0 saturated carbocycles. The van der Waals surface area contributed by atoms with Gasteiger partial charge >= 0.3 is 0 Å². The lowest BCUT2D eigenvalue weighted by Gasteiger charge is -2.17. The Bertz CT molecular complexity index is 919. The lowest BCUT2D eigenvalue weighted by molar-refractivity contribution is 0.0944. The van der Waals surface area contributed by atoms with Gasteiger partial charge in [-0.3, -0.25) is 9.59 Å². The molecule has 3 aromatic rings. The summed E-state index contributed by atoms with van der Waals surface area (Å²) in [5.74, 6) is 0.407. The number of ether oxygens (including phenoxy) is 1. The highest BCUT2D eigenvalue weighted by Gasteiger charge is 2.21. The number of nitrogen functional groups attached to an aromatic ring is 2. The van der Waals surface area contributed by atoms with Crippen molar-refractivity contribution < 1.29 is 14.3 Å². The molecule has 4 N–H and O–H groups in total. The SMILES string of the molecule is COc1ccc(C(CC(=O)c2ccc(N)cc2)CC(=O)c2ccc(N)cc2)cc1. The van der Waals surface area contributed by atoms with E-state index in [2.05, 4.69) is 0 Å². The van der Waals surface area contributed by atoms with Gasteiger partial charge in [0.25, 0.3) is 0 Å². The Labute approximate surface area is 170 Å². The van der Waals surface area contributed by atoms with E-state index in [4.69, 9.17) is 16.2 Å². The molecule has 0 amide bonds. The molecular formula is C24H24N2O3. The summed E-state index contributed by atoms with van der Waals surface area (Å²) in [4.78, 5) is 25.7. The third-order valence-corrected chi connectivity index (χ3v) is 4.92. The average Bonchev–Trinajstić information content (AvgIpc) is 2.74. The third kappa shape index (κ3) is 5.23. The number of methoxy groups -OCH3 is 1. The van der Waals surface area contributed by atoms with E-state index in [0.29, 0.717) is 22.5 Å². The maximum atomic E-state index is 12.8. The minimum atomic E-state index is -0.254. The molecule has 0 radical (unpaired) electrons. The fourth-order valence-corrected chi connectivity index (χ4v) is 3.21. The van der Waals surface area contributed by atoms with Crippen LogP contribution in [0.3, 0.4) is 0 Å². The summed E-state index contributed by atoms with van der Waals surface area (Å²) in [5.41, 5.74) is 14.7. The normalized spacial score (nSPS) is 10.7. The first kappa shape index (κ1) is 20.1. The number of rotatable bonds is 8. The van der Waals surface area contributed by atoms with E-state index < -0.39 is 0 Å². The molecule has 0 aliphatic carbocycles. The van der Waals surface area contributed by atoms with Gasteiger partial charge in [0.1, 0.15) is 5.75 Å². The number of Topliss-reactive ketones (excluding diaryl/α,β-unsaturated/α-hetero) is 2. The van der Waals surface area contributed by atoms with Gasteiger partial charge in [0.2, 0.25) is 0 Å². The molecule has 0 aliphatic heterocycles. The van der Waals surface area contributed by atoms with Crippen molar-refractivity contribution in [1.82, 2.24) is 0 Å². The van der Waals surface area contributed by atoms with Crippen LogP contribution in [0.4, 0.5) is 11.4 Å². The molecule has 0 aromatic heterocycles. The van der Waals surface area contributed by atoms with E-state index in [9.17, 15) is 9.59 Å². The second kappa shape index (κ2) is 9.06. The Hall–Kier alpha value is -3.60. The zero-order valence-corrected chi connectivity index (χ0v) is 16.3. The highest BCUT2D eigenvalue weighted by atomic mass is 16.5. The van der Waals surface area contributed by atoms with Gasteiger partial charge in [-0.1, -0.05) is 12.1 Å². The van der Waals surface area contributed by atoms with Crippen LogP contribution in [0.25, 0.3) is 0 Å². The van der Waals surface area contributed by atoms with Crippen molar-refractivity contribution in [2.24, 2.45) is 0 Å². The second-order valence-electron chi connectivity index (χ2n) is 6.97. The van der Waals surface area contributed by atoms with Gasteiger partial charge in [0, 0.05) is 35.3 Å². The number of nitrogens with two attached hydrogens (primary N) is 2. The monoisotopic (exact) mass is 388 g/mol. The van der Waals surface area contributed by atoms with Crippen molar-refractivity contribution in [2.75, 3.05) is 18.6 Å². The summed E-state index contributed by atoms with van der Waals surface area (Å²) in [6.45, 7) is 0. The largest absolute Gasteiger partial charge is 0.497 e. The summed E-state index contributed by atoms with van der Waals surface area (Å²) in [5, 5.41) is 0. The number of ketones is 2. The van der Waals surface area contributed by atoms with E-state index in [1.54, 1.807) is 55.6 Å². The van der Waals surface area contributed by atoms with Crippen LogP contribution in [0.15, 0.2) is 72.8 Å². The van der Waals surface area contributed by atoms with Gasteiger partial charge in [-0.2, -0.15) is 0 Å². The van der Waals surface area contributed by atoms with E-state index in [0.717, 1.165) is 11.3 Å². The standard InChI is InChI=1S/C24H24N2O3/c1-29-22-12-6-16(7-13-22)19(14-23(27)17-2-8-20(25)9-3-17)15-24(28)18-4-10-21(26)11-5-18/h2-13,19H,14-15,25-26H2,1H3. The summed E-state index contributed by atoms with van der Waals surface area (Å²) in [6.07, 6.45) is 0.438. The van der Waals surface area contributed by atoms with Crippen LogP contribution in [0.2, 0.25) is 0 Å². The Morgan fingerprint density at radius 1 is 0.724 bits per heavy atom. The molecule has 0 atom stereocenters. The highest BCUT2D eigenvalue weighted by Crippen LogP contribution is 2.29. The molecular weight excluding hydrogens is 364 g/mol. The first-order chi connectivity index (χ1) is 14.0. The van der Waals surface area contributed by atoms with E-state index >= 15 is 0 Å². The van der Waals surface area contributed by atoms with Crippen molar-refractivity contribution in [3.63, 3.8) is 0 Å². The van der Waals surface area contributed by atoms with Crippen molar-refractivity contribution in [3.8, 4) is 5.75 Å². The van der Waals surface area contributed by atoms with Gasteiger partial charge < -0.3 is 16.2 Å². The van der Waals surface area contributed by atoms with Crippen LogP contribution < -0.4 is 16.2 Å². The molecule has 0 spiro atoms. The maximum Gasteiger partial charge on any atom is 0.163 e. The first-order valence-electron chi connectivity index (χ1n) is 9.37. The fourth-order valence-electron chi connectivity index (χ4n) is 3.21. The topological polar surface area (TPSA) is 95.4 Å². The molecule has 0 fully saturated rings. The van der Waals surface area contributed by atoms with Crippen LogP contribution in [-0.2, 0) is 0 Å². The second-order valence-corrected chi connectivity index (χ2v) is 6.97. The number of hydrogen-bond donors (Lipinski definition) is 2. The molecule has 3 rings (SSSR count). The predicted octanol–water partition coefficient (Wildman–Crippen LogP) is 4.49. The van der Waals surface area contributed by atoms with Gasteiger partial charge in [-0.05, 0) is 72.1 Å². The molecule has 5 heteroatoms. The quantitative estimate of drug-likeness (QED) is 0.438. The minimum absolute atomic E-state index is 0.0316. The van der Waals surface area contributed by atoms with Gasteiger partial charge in [-0.25, -0.2) is 0 Å². The lowest BCUT2D eigenvalue weighted by Crippen LogP contribution is -2.13. The summed E-state index contributed by atoms with van der Waals surface area (Å²) in [6, 6.07) is 21.1. The highest BCUT2D eigenvalue weighted by molar-refractivity contribution is 5.99. The summed E-state index contributed by atoms with van der Waals surface area (Å²) < 4.78 is 5.21. The number of benzene rings is 3. The Balaban J connectivity index is 1.84. The third-order valence-electron chi connectivity index (χ3n) is 4.92. The van der Waals surface area contributed by atoms with Crippen LogP contribution in [-0.4, -0.2) is 18.7 Å². The zero-order chi connectivity index (χ0) is 20.8. The van der Waals surface area contributed by atoms with E-state index in [-0.39, 0.29) is 30.3 Å². The molecule has 29 heavy (non-hydrogen) atoms. The average molecular weight is 388 g/mol. The molecule has 0 heterocycles. The van der Waals surface area contributed by atoms with Gasteiger partial charge in [0.15, 0.2) is 11.6 Å². The van der Waals surface area contributed by atoms with Gasteiger partial charge in [0.05, 0.1) is 7.11 Å². The van der Waals surface area contributed by atoms with Crippen molar-refractivity contribution >= 4 is 22.9 Å². The zero-order valence-electron chi connectivity index (χ0n) is 16.3. The number of hydrogen-bond acceptors (Lipinski definition) is 5. The van der Waals surface area contributed by atoms with Crippen LogP contribution >= 0.6 is 0 Å². The first-order valence-corrected chi connectivity index (χ1v) is 9.37. The lowest BCUT2D eigenvalue weighted by atomic mass is 9.86. The number of carbonyl (C=O) groups is 2. The Morgan fingerprint density at radius 2 is 1.14 bits per heavy atom. The predicted molar refractivity (Wildman–Crippen MR) is 115 cm³/mol. The number of carbonyl (C=O) groups excluding carboxylic acids is 2. The van der Waals surface area contributed by atoms with Crippen molar-refractivity contribution in [3.05, 3.63) is 89.5 Å². The Kier molecular flexibility index (Phi) is 6.29. The molecule has 148 valence electrons. The van der Waals surface area contributed by atoms with E-state index in [1.165, 1.54) is 0 Å². The smallest absolute Gasteiger partial charge is 0.163 e. The molecule has 0 bridgehead atoms. The van der Waals surface area contributed by atoms with Crippen molar-refractivity contribution in [1.29, 1.82) is 0 Å². The van der Waals surface area contributed by atoms with Gasteiger partial charge in [-0.15, -0.1) is 0 Å². The molecule has 0 unspecified atom stereocenters. The number of anilines is 2. The molecule has 0 aliphatic rings. The van der Waals surface area contributed by atoms with Crippen LogP contribution in [0, 0.1) is 0 Å². The summed E-state index contributed by atoms with van der Waals surface area (Å²) in [7, 11) is 1.60. The molecule has 3 aromatic carbocycles. The fraction of sp³-hybridized carbons (Fsp3) is 0.167. The van der Waals surface area contributed by atoms with Crippen LogP contribution in [0.5, 0.6) is 5.75 Å². The minimum Gasteiger partial charge on any atom is -0.497 e. The maximum absolute atomic E-state index is 12.8. The molecule has 5 nitrogen and oxygen atoms in total. The van der Waals surface area contributed by atoms with E-state index in [1.807, 2.05) is 24.3 Å². The summed E-state index contributed by atoms with van der Waals surface area (Å²) >= 11 is 0. The van der Waals surface area contributed by atoms with Crippen LogP contribution in [0.1, 0.15) is 45.0 Å². The van der Waals surface area contributed by atoms with Crippen molar-refractivity contribution in [2.45, 2.75) is 18.8 Å².